The lowest BCUT2D eigenvalue weighted by molar-refractivity contribution is -0.120. The molecule has 88 valence electrons. The Hall–Kier alpha value is -1.51. The lowest BCUT2D eigenvalue weighted by Crippen LogP contribution is -2.18. The van der Waals surface area contributed by atoms with Crippen LogP contribution in [0.4, 0.5) is 5.69 Å². The highest BCUT2D eigenvalue weighted by Gasteiger charge is 1.98. The van der Waals surface area contributed by atoms with Crippen LogP contribution in [0.5, 0.6) is 0 Å². The van der Waals surface area contributed by atoms with Crippen molar-refractivity contribution in [1.82, 2.24) is 5.32 Å². The van der Waals surface area contributed by atoms with Gasteiger partial charge in [0.1, 0.15) is 0 Å². The van der Waals surface area contributed by atoms with Gasteiger partial charge in [-0.1, -0.05) is 6.07 Å². The summed E-state index contributed by atoms with van der Waals surface area (Å²) in [6, 6.07) is 6.38. The predicted molar refractivity (Wildman–Crippen MR) is 67.7 cm³/mol. The smallest absolute Gasteiger partial charge is 0.219 e. The number of benzene rings is 1. The molecular formula is C13H20N2O. The molecule has 1 aromatic carbocycles. The average Bonchev–Trinajstić information content (AvgIpc) is 2.22. The molecule has 0 aliphatic carbocycles. The van der Waals surface area contributed by atoms with Gasteiger partial charge < -0.3 is 10.6 Å². The van der Waals surface area contributed by atoms with Crippen LogP contribution in [0.1, 0.15) is 24.0 Å². The highest BCUT2D eigenvalue weighted by atomic mass is 16.1. The first-order chi connectivity index (χ1) is 7.61. The first-order valence-corrected chi connectivity index (χ1v) is 5.64. The van der Waals surface area contributed by atoms with Gasteiger partial charge in [0.15, 0.2) is 0 Å². The first-order valence-electron chi connectivity index (χ1n) is 5.64. The number of hydrogen-bond donors (Lipinski definition) is 2. The summed E-state index contributed by atoms with van der Waals surface area (Å²) in [6.45, 7) is 5.00. The normalized spacial score (nSPS) is 9.94. The van der Waals surface area contributed by atoms with Crippen LogP contribution in [0, 0.1) is 13.8 Å². The maximum atomic E-state index is 11.0. The molecule has 3 nitrogen and oxygen atoms in total. The van der Waals surface area contributed by atoms with Crippen LogP contribution in [0.25, 0.3) is 0 Å². The van der Waals surface area contributed by atoms with Crippen molar-refractivity contribution in [2.24, 2.45) is 0 Å². The molecule has 0 saturated carbocycles. The van der Waals surface area contributed by atoms with Gasteiger partial charge >= 0.3 is 0 Å². The molecule has 0 unspecified atom stereocenters. The number of anilines is 1. The Labute approximate surface area is 97.2 Å². The van der Waals surface area contributed by atoms with Gasteiger partial charge in [-0.25, -0.2) is 0 Å². The van der Waals surface area contributed by atoms with E-state index in [9.17, 15) is 4.79 Å². The van der Waals surface area contributed by atoms with E-state index >= 15 is 0 Å². The summed E-state index contributed by atoms with van der Waals surface area (Å²) < 4.78 is 0. The number of carbonyl (C=O) groups excluding carboxylic acids is 1. The van der Waals surface area contributed by atoms with Crippen molar-refractivity contribution in [3.63, 3.8) is 0 Å². The highest BCUT2D eigenvalue weighted by Crippen LogP contribution is 2.13. The molecule has 0 saturated heterocycles. The molecule has 0 heterocycles. The molecule has 0 aliphatic rings. The summed E-state index contributed by atoms with van der Waals surface area (Å²) in [7, 11) is 1.67. The number of nitrogens with one attached hydrogen (secondary N) is 2. The molecule has 16 heavy (non-hydrogen) atoms. The van der Waals surface area contributed by atoms with Crippen LogP contribution in [-0.2, 0) is 4.79 Å². The van der Waals surface area contributed by atoms with E-state index in [0.29, 0.717) is 6.42 Å². The Morgan fingerprint density at radius 2 is 1.81 bits per heavy atom. The third kappa shape index (κ3) is 4.34. The minimum atomic E-state index is 0.0993. The fourth-order valence-corrected chi connectivity index (χ4v) is 1.68. The zero-order valence-corrected chi connectivity index (χ0v) is 10.3. The predicted octanol–water partition coefficient (Wildman–Crippen LogP) is 2.24. The van der Waals surface area contributed by atoms with Gasteiger partial charge in [0, 0.05) is 25.7 Å². The zero-order valence-electron chi connectivity index (χ0n) is 10.3. The van der Waals surface area contributed by atoms with E-state index in [0.717, 1.165) is 18.7 Å². The Balaban J connectivity index is 2.34. The second-order valence-electron chi connectivity index (χ2n) is 4.08. The molecule has 0 aromatic heterocycles. The average molecular weight is 220 g/mol. The van der Waals surface area contributed by atoms with E-state index in [1.807, 2.05) is 0 Å². The van der Waals surface area contributed by atoms with E-state index in [1.165, 1.54) is 11.1 Å². The van der Waals surface area contributed by atoms with Gasteiger partial charge in [-0.05, 0) is 43.5 Å². The third-order valence-electron chi connectivity index (χ3n) is 2.41. The summed E-state index contributed by atoms with van der Waals surface area (Å²) in [5.74, 6) is 0.0993. The molecule has 3 heteroatoms. The summed E-state index contributed by atoms with van der Waals surface area (Å²) in [6.07, 6.45) is 1.43. The summed E-state index contributed by atoms with van der Waals surface area (Å²) in [5, 5.41) is 5.94. The molecule has 1 amide bonds. The van der Waals surface area contributed by atoms with E-state index < -0.39 is 0 Å². The van der Waals surface area contributed by atoms with Gasteiger partial charge in [0.05, 0.1) is 0 Å². The van der Waals surface area contributed by atoms with Crippen molar-refractivity contribution in [3.05, 3.63) is 29.3 Å². The molecule has 0 bridgehead atoms. The minimum Gasteiger partial charge on any atom is -0.385 e. The topological polar surface area (TPSA) is 41.1 Å². The lowest BCUT2D eigenvalue weighted by atomic mass is 10.1. The monoisotopic (exact) mass is 220 g/mol. The van der Waals surface area contributed by atoms with Crippen LogP contribution in [0.2, 0.25) is 0 Å². The Morgan fingerprint density at radius 3 is 2.38 bits per heavy atom. The number of aryl methyl sites for hydroxylation is 2. The van der Waals surface area contributed by atoms with Gasteiger partial charge in [-0.2, -0.15) is 0 Å². The van der Waals surface area contributed by atoms with Crippen molar-refractivity contribution in [1.29, 1.82) is 0 Å². The largest absolute Gasteiger partial charge is 0.385 e. The van der Waals surface area contributed by atoms with Crippen LogP contribution < -0.4 is 10.6 Å². The molecule has 0 radical (unpaired) electrons. The number of hydrogen-bond acceptors (Lipinski definition) is 2. The Bertz CT molecular complexity index is 341. The maximum Gasteiger partial charge on any atom is 0.219 e. The van der Waals surface area contributed by atoms with Crippen LogP contribution in [0.15, 0.2) is 18.2 Å². The van der Waals surface area contributed by atoms with Gasteiger partial charge in [-0.3, -0.25) is 4.79 Å². The van der Waals surface area contributed by atoms with Crippen LogP contribution in [-0.4, -0.2) is 19.5 Å². The van der Waals surface area contributed by atoms with Gasteiger partial charge in [0.25, 0.3) is 0 Å². The van der Waals surface area contributed by atoms with Gasteiger partial charge in [0.2, 0.25) is 5.91 Å². The SMILES string of the molecule is CNC(=O)CCCNc1cc(C)cc(C)c1. The quantitative estimate of drug-likeness (QED) is 0.747. The molecule has 1 aromatic rings. The third-order valence-corrected chi connectivity index (χ3v) is 2.41. The fraction of sp³-hybridized carbons (Fsp3) is 0.462. The van der Waals surface area contributed by atoms with E-state index in [4.69, 9.17) is 0 Å². The van der Waals surface area contributed by atoms with Crippen LogP contribution >= 0.6 is 0 Å². The molecule has 2 N–H and O–H groups in total. The van der Waals surface area contributed by atoms with Crippen LogP contribution in [0.3, 0.4) is 0 Å². The first kappa shape index (κ1) is 12.6. The van der Waals surface area contributed by atoms with Crippen molar-refractivity contribution in [2.75, 3.05) is 18.9 Å². The summed E-state index contributed by atoms with van der Waals surface area (Å²) in [5.41, 5.74) is 3.65. The molecular weight excluding hydrogens is 200 g/mol. The molecule has 0 fully saturated rings. The van der Waals surface area contributed by atoms with Crippen molar-refractivity contribution >= 4 is 11.6 Å². The van der Waals surface area contributed by atoms with E-state index in [2.05, 4.69) is 42.7 Å². The molecule has 1 rings (SSSR count). The van der Waals surface area contributed by atoms with Gasteiger partial charge in [-0.15, -0.1) is 0 Å². The van der Waals surface area contributed by atoms with E-state index in [-0.39, 0.29) is 5.91 Å². The Morgan fingerprint density at radius 1 is 1.19 bits per heavy atom. The van der Waals surface area contributed by atoms with Crippen molar-refractivity contribution in [2.45, 2.75) is 26.7 Å². The minimum absolute atomic E-state index is 0.0993. The highest BCUT2D eigenvalue weighted by molar-refractivity contribution is 5.75. The van der Waals surface area contributed by atoms with Crippen molar-refractivity contribution < 1.29 is 4.79 Å². The second kappa shape index (κ2) is 6.16. The standard InChI is InChI=1S/C13H20N2O/c1-10-7-11(2)9-12(8-10)15-6-4-5-13(16)14-3/h7-9,15H,4-6H2,1-3H3,(H,14,16). The number of amides is 1. The number of carbonyl (C=O) groups is 1. The fourth-order valence-electron chi connectivity index (χ4n) is 1.68. The summed E-state index contributed by atoms with van der Waals surface area (Å²) in [4.78, 5) is 11.0. The zero-order chi connectivity index (χ0) is 12.0. The van der Waals surface area contributed by atoms with Crippen molar-refractivity contribution in [3.8, 4) is 0 Å². The molecule has 0 spiro atoms. The maximum absolute atomic E-state index is 11.0. The number of rotatable bonds is 5. The summed E-state index contributed by atoms with van der Waals surface area (Å²) >= 11 is 0. The van der Waals surface area contributed by atoms with E-state index in [1.54, 1.807) is 7.05 Å². The Kier molecular flexibility index (Phi) is 4.83. The molecule has 0 aliphatic heterocycles. The molecule has 0 atom stereocenters. The second-order valence-corrected chi connectivity index (χ2v) is 4.08. The lowest BCUT2D eigenvalue weighted by Gasteiger charge is -2.08.